The van der Waals surface area contributed by atoms with Crippen molar-refractivity contribution in [3.8, 4) is 0 Å². The van der Waals surface area contributed by atoms with E-state index in [1.807, 2.05) is 73.7 Å². The summed E-state index contributed by atoms with van der Waals surface area (Å²) in [6, 6.07) is 21.6. The lowest BCUT2D eigenvalue weighted by molar-refractivity contribution is -0.116. The fraction of sp³-hybridized carbons (Fsp3) is 0.105. The van der Waals surface area contributed by atoms with E-state index in [0.717, 1.165) is 22.1 Å². The van der Waals surface area contributed by atoms with Crippen LogP contribution in [0.2, 0.25) is 0 Å². The van der Waals surface area contributed by atoms with E-state index >= 15 is 0 Å². The summed E-state index contributed by atoms with van der Waals surface area (Å²) in [5.74, 6) is -0.0556. The van der Waals surface area contributed by atoms with Crippen LogP contribution in [0.3, 0.4) is 0 Å². The molecule has 0 fully saturated rings. The maximum absolute atomic E-state index is 12.5. The maximum Gasteiger partial charge on any atom is 0.246 e. The Morgan fingerprint density at radius 1 is 0.957 bits per heavy atom. The summed E-state index contributed by atoms with van der Waals surface area (Å²) in [6.07, 6.45) is 0. The topological polar surface area (TPSA) is 41.1 Å². The number of halogens is 1. The number of benzene rings is 3. The van der Waals surface area contributed by atoms with E-state index < -0.39 is 0 Å². The first-order valence-electron chi connectivity index (χ1n) is 7.44. The van der Waals surface area contributed by atoms with Crippen molar-refractivity contribution in [2.45, 2.75) is 13.0 Å². The minimum Gasteiger partial charge on any atom is -0.374 e. The maximum atomic E-state index is 12.5. The highest BCUT2D eigenvalue weighted by Crippen LogP contribution is 2.23. The molecule has 0 heterocycles. The summed E-state index contributed by atoms with van der Waals surface area (Å²) >= 11 is 2.26. The van der Waals surface area contributed by atoms with Crippen LogP contribution in [0.15, 0.2) is 66.7 Å². The third-order valence-electron chi connectivity index (χ3n) is 3.67. The molecule has 116 valence electrons. The van der Waals surface area contributed by atoms with Gasteiger partial charge in [-0.3, -0.25) is 4.79 Å². The second kappa shape index (κ2) is 7.00. The first-order valence-corrected chi connectivity index (χ1v) is 8.52. The van der Waals surface area contributed by atoms with Gasteiger partial charge < -0.3 is 10.6 Å². The van der Waals surface area contributed by atoms with Crippen LogP contribution >= 0.6 is 22.6 Å². The van der Waals surface area contributed by atoms with Crippen LogP contribution in [-0.2, 0) is 4.79 Å². The van der Waals surface area contributed by atoms with Crippen molar-refractivity contribution in [2.24, 2.45) is 0 Å². The lowest BCUT2D eigenvalue weighted by Gasteiger charge is -2.16. The molecule has 0 aliphatic rings. The zero-order valence-corrected chi connectivity index (χ0v) is 14.9. The van der Waals surface area contributed by atoms with Gasteiger partial charge in [-0.05, 0) is 65.2 Å². The predicted molar refractivity (Wildman–Crippen MR) is 105 cm³/mol. The van der Waals surface area contributed by atoms with Crippen LogP contribution in [0.25, 0.3) is 10.8 Å². The van der Waals surface area contributed by atoms with E-state index in [0.29, 0.717) is 0 Å². The van der Waals surface area contributed by atoms with Gasteiger partial charge in [-0.2, -0.15) is 0 Å². The highest BCUT2D eigenvalue weighted by atomic mass is 127. The molecule has 4 heteroatoms. The smallest absolute Gasteiger partial charge is 0.246 e. The van der Waals surface area contributed by atoms with Crippen molar-refractivity contribution in [1.29, 1.82) is 0 Å². The van der Waals surface area contributed by atoms with Crippen molar-refractivity contribution >= 4 is 50.6 Å². The van der Waals surface area contributed by atoms with Gasteiger partial charge in [0, 0.05) is 20.3 Å². The molecule has 3 aromatic carbocycles. The number of hydrogen-bond donors (Lipinski definition) is 2. The van der Waals surface area contributed by atoms with Crippen LogP contribution < -0.4 is 10.6 Å². The Labute approximate surface area is 149 Å². The number of amides is 1. The highest BCUT2D eigenvalue weighted by Gasteiger charge is 2.13. The molecule has 3 nitrogen and oxygen atoms in total. The van der Waals surface area contributed by atoms with E-state index in [1.54, 1.807) is 0 Å². The molecule has 0 spiro atoms. The van der Waals surface area contributed by atoms with Gasteiger partial charge in [0.1, 0.15) is 6.04 Å². The number of hydrogen-bond acceptors (Lipinski definition) is 2. The summed E-state index contributed by atoms with van der Waals surface area (Å²) in [5.41, 5.74) is 1.77. The molecule has 0 aliphatic heterocycles. The Morgan fingerprint density at radius 3 is 2.43 bits per heavy atom. The Hall–Kier alpha value is -2.08. The van der Waals surface area contributed by atoms with E-state index in [4.69, 9.17) is 0 Å². The molecule has 0 saturated heterocycles. The molecule has 0 bridgehead atoms. The number of fused-ring (bicyclic) bond motifs is 1. The van der Waals surface area contributed by atoms with Gasteiger partial charge in [-0.15, -0.1) is 0 Å². The zero-order valence-electron chi connectivity index (χ0n) is 12.7. The van der Waals surface area contributed by atoms with Gasteiger partial charge in [0.25, 0.3) is 0 Å². The average molecular weight is 416 g/mol. The van der Waals surface area contributed by atoms with Crippen molar-refractivity contribution in [3.63, 3.8) is 0 Å². The molecular formula is C19H17IN2O. The van der Waals surface area contributed by atoms with E-state index in [-0.39, 0.29) is 11.9 Å². The number of carbonyl (C=O) groups is 1. The van der Waals surface area contributed by atoms with Crippen molar-refractivity contribution < 1.29 is 4.79 Å². The summed E-state index contributed by atoms with van der Waals surface area (Å²) in [4.78, 5) is 12.5. The third kappa shape index (κ3) is 3.82. The molecule has 23 heavy (non-hydrogen) atoms. The molecule has 3 aromatic rings. The summed E-state index contributed by atoms with van der Waals surface area (Å²) < 4.78 is 1.17. The first-order chi connectivity index (χ1) is 11.1. The van der Waals surface area contributed by atoms with Gasteiger partial charge in [0.2, 0.25) is 5.91 Å². The van der Waals surface area contributed by atoms with Crippen LogP contribution in [0.5, 0.6) is 0 Å². The van der Waals surface area contributed by atoms with Gasteiger partial charge in [-0.1, -0.05) is 36.4 Å². The van der Waals surface area contributed by atoms with Crippen LogP contribution in [0.1, 0.15) is 6.92 Å². The summed E-state index contributed by atoms with van der Waals surface area (Å²) in [7, 11) is 0. The Balaban J connectivity index is 1.74. The van der Waals surface area contributed by atoms with Crippen molar-refractivity contribution in [3.05, 3.63) is 70.3 Å². The molecule has 1 amide bonds. The fourth-order valence-corrected chi connectivity index (χ4v) is 2.80. The number of rotatable bonds is 4. The van der Waals surface area contributed by atoms with Gasteiger partial charge in [0.05, 0.1) is 0 Å². The quantitative estimate of drug-likeness (QED) is 0.595. The van der Waals surface area contributed by atoms with E-state index in [1.165, 1.54) is 3.57 Å². The van der Waals surface area contributed by atoms with Crippen molar-refractivity contribution in [1.82, 2.24) is 0 Å². The standard InChI is InChI=1S/C19H17IN2O/c1-13(21-16-11-9-15(20)10-12-16)19(23)22-18-8-4-6-14-5-2-3-7-17(14)18/h2-13,21H,1H3,(H,22,23)/t13-/m0/s1. The molecule has 1 atom stereocenters. The average Bonchev–Trinajstić information content (AvgIpc) is 2.57. The first kappa shape index (κ1) is 15.8. The molecule has 0 unspecified atom stereocenters. The van der Waals surface area contributed by atoms with Gasteiger partial charge >= 0.3 is 0 Å². The number of carbonyl (C=O) groups excluding carboxylic acids is 1. The summed E-state index contributed by atoms with van der Waals surface area (Å²) in [5, 5.41) is 8.40. The van der Waals surface area contributed by atoms with E-state index in [2.05, 4.69) is 33.2 Å². The van der Waals surface area contributed by atoms with Gasteiger partial charge in [0.15, 0.2) is 0 Å². The Kier molecular flexibility index (Phi) is 4.81. The van der Waals surface area contributed by atoms with Gasteiger partial charge in [-0.25, -0.2) is 0 Å². The predicted octanol–water partition coefficient (Wildman–Crippen LogP) is 4.88. The second-order valence-electron chi connectivity index (χ2n) is 5.39. The normalized spacial score (nSPS) is 11.9. The number of nitrogens with one attached hydrogen (secondary N) is 2. The van der Waals surface area contributed by atoms with Crippen molar-refractivity contribution in [2.75, 3.05) is 10.6 Å². The monoisotopic (exact) mass is 416 g/mol. The van der Waals surface area contributed by atoms with E-state index in [9.17, 15) is 4.79 Å². The minimum atomic E-state index is -0.325. The molecule has 0 saturated carbocycles. The largest absolute Gasteiger partial charge is 0.374 e. The summed E-state index contributed by atoms with van der Waals surface area (Å²) in [6.45, 7) is 1.86. The lowest BCUT2D eigenvalue weighted by atomic mass is 10.1. The minimum absolute atomic E-state index is 0.0556. The lowest BCUT2D eigenvalue weighted by Crippen LogP contribution is -2.31. The molecular weight excluding hydrogens is 399 g/mol. The molecule has 0 aromatic heterocycles. The molecule has 2 N–H and O–H groups in total. The SMILES string of the molecule is C[C@H](Nc1ccc(I)cc1)C(=O)Nc1cccc2ccccc12. The third-order valence-corrected chi connectivity index (χ3v) is 4.39. The number of anilines is 2. The van der Waals surface area contributed by atoms with Crippen LogP contribution in [-0.4, -0.2) is 11.9 Å². The Morgan fingerprint density at radius 2 is 1.65 bits per heavy atom. The Bertz CT molecular complexity index is 825. The second-order valence-corrected chi connectivity index (χ2v) is 6.63. The zero-order chi connectivity index (χ0) is 16.2. The molecule has 0 aliphatic carbocycles. The molecule has 3 rings (SSSR count). The van der Waals surface area contributed by atoms with Crippen LogP contribution in [0, 0.1) is 3.57 Å². The fourth-order valence-electron chi connectivity index (χ4n) is 2.44. The van der Waals surface area contributed by atoms with Crippen LogP contribution in [0.4, 0.5) is 11.4 Å². The molecule has 0 radical (unpaired) electrons. The highest BCUT2D eigenvalue weighted by molar-refractivity contribution is 14.1.